The van der Waals surface area contributed by atoms with Crippen LogP contribution in [0.3, 0.4) is 0 Å². The number of nitrogens with one attached hydrogen (secondary N) is 2. The summed E-state index contributed by atoms with van der Waals surface area (Å²) in [5, 5.41) is 5.83. The number of nitrogens with two attached hydrogens (primary N) is 1. The molecule has 0 radical (unpaired) electrons. The van der Waals surface area contributed by atoms with Gasteiger partial charge in [0.1, 0.15) is 6.10 Å². The number of rotatable bonds is 8. The van der Waals surface area contributed by atoms with Crippen LogP contribution in [0.5, 0.6) is 0 Å². The molecule has 6 atom stereocenters. The zero-order chi connectivity index (χ0) is 33.3. The number of ether oxygens (including phenoxy) is 4. The number of fused-ring (bicyclic) bond motifs is 2. The Morgan fingerprint density at radius 2 is 1.80 bits per heavy atom. The Bertz CT molecular complexity index is 1280. The summed E-state index contributed by atoms with van der Waals surface area (Å²) >= 11 is 0. The quantitative estimate of drug-likeness (QED) is 0.207. The van der Waals surface area contributed by atoms with Gasteiger partial charge in [-0.15, -0.1) is 0 Å². The molecule has 0 aromatic rings. The highest BCUT2D eigenvalue weighted by atomic mass is 16.6. The fourth-order valence-corrected chi connectivity index (χ4v) is 5.76. The molecule has 1 aliphatic carbocycles. The maximum atomic E-state index is 13.8. The predicted octanol–water partition coefficient (Wildman–Crippen LogP) is 2.32. The van der Waals surface area contributed by atoms with Gasteiger partial charge in [-0.3, -0.25) is 19.3 Å². The van der Waals surface area contributed by atoms with Gasteiger partial charge in [-0.25, -0.2) is 4.79 Å². The molecule has 248 valence electrons. The van der Waals surface area contributed by atoms with Crippen LogP contribution in [-0.4, -0.2) is 100 Å². The first-order valence-corrected chi connectivity index (χ1v) is 15.3. The zero-order valence-electron chi connectivity index (χ0n) is 27.4. The van der Waals surface area contributed by atoms with E-state index in [4.69, 9.17) is 24.7 Å². The molecule has 0 saturated carbocycles. The van der Waals surface area contributed by atoms with Crippen molar-refractivity contribution in [2.45, 2.75) is 65.0 Å². The van der Waals surface area contributed by atoms with Crippen LogP contribution in [0.1, 0.15) is 40.5 Å². The molecule has 1 saturated heterocycles. The van der Waals surface area contributed by atoms with E-state index >= 15 is 0 Å². The lowest BCUT2D eigenvalue weighted by molar-refractivity contribution is -0.120. The van der Waals surface area contributed by atoms with Gasteiger partial charge in [0.25, 0.3) is 5.91 Å². The molecule has 2 heterocycles. The third kappa shape index (κ3) is 9.95. The number of hydrogen-bond donors (Lipinski definition) is 3. The number of nitrogens with zero attached hydrogens (tertiary/aromatic N) is 1. The number of Topliss-reactive ketones (excluding diaryl/α,β-unsaturated/α-hetero) is 1. The van der Waals surface area contributed by atoms with E-state index in [-0.39, 0.29) is 47.1 Å². The number of hydrogen-bond acceptors (Lipinski definition) is 10. The molecule has 0 spiro atoms. The van der Waals surface area contributed by atoms with E-state index in [0.717, 1.165) is 19.6 Å². The average molecular weight is 629 g/mol. The highest BCUT2D eigenvalue weighted by molar-refractivity contribution is 6.23. The molecular formula is C33H48N4O8. The molecule has 0 unspecified atom stereocenters. The van der Waals surface area contributed by atoms with Crippen molar-refractivity contribution in [3.05, 3.63) is 58.5 Å². The van der Waals surface area contributed by atoms with Gasteiger partial charge in [0.2, 0.25) is 11.6 Å². The summed E-state index contributed by atoms with van der Waals surface area (Å²) in [5.41, 5.74) is 6.90. The van der Waals surface area contributed by atoms with Gasteiger partial charge in [0.15, 0.2) is 6.10 Å². The number of ketones is 2. The third-order valence-corrected chi connectivity index (χ3v) is 8.30. The Balaban J connectivity index is 2.05. The standard InChI is InChI=1S/C33H48N4O8/c1-19-15-23-28(35-11-12-37-13-14-37)25(38)18-24(29(23)39)36-32(40)20(2)9-8-10-26(42-5)31(45-33(34)41)22(4)17-21(3)30(44-7)27(16-19)43-6/h8-10,17-19,21,26-27,30-31,35H,11-16H2,1-7H3,(H2,34,41)(H,36,40)/b10-8-,20-9+,22-17+/t19-,21+,26+,27+,30-,31+/m1/s1. The maximum absolute atomic E-state index is 13.8. The molecule has 12 heteroatoms. The van der Waals surface area contributed by atoms with Gasteiger partial charge < -0.3 is 35.3 Å². The number of carbonyl (C=O) groups is 4. The van der Waals surface area contributed by atoms with E-state index in [2.05, 4.69) is 15.5 Å². The second-order valence-electron chi connectivity index (χ2n) is 11.9. The van der Waals surface area contributed by atoms with E-state index in [1.165, 1.54) is 19.3 Å². The van der Waals surface area contributed by atoms with Crippen LogP contribution in [0.2, 0.25) is 0 Å². The molecule has 2 amide bonds. The SMILES string of the molecule is CO[C@H]1[C@@H](OC)C[C@H](C)CC2=C(NCCN3CC3)C(=O)C=C(NC(=O)/C(C)=C/C=C\[C@H](OC)[C@@H](OC(N)=O)/C(C)=C/[C@@H]1C)C2=O. The molecular weight excluding hydrogens is 580 g/mol. The van der Waals surface area contributed by atoms with Gasteiger partial charge in [0, 0.05) is 70.6 Å². The Morgan fingerprint density at radius 3 is 2.40 bits per heavy atom. The molecule has 0 aromatic heterocycles. The fraction of sp³-hybridized carbons (Fsp3) is 0.576. The number of primary amides is 1. The minimum atomic E-state index is -0.959. The summed E-state index contributed by atoms with van der Waals surface area (Å²) in [4.78, 5) is 54.3. The zero-order valence-corrected chi connectivity index (χ0v) is 27.4. The van der Waals surface area contributed by atoms with Crippen LogP contribution >= 0.6 is 0 Å². The van der Waals surface area contributed by atoms with Gasteiger partial charge >= 0.3 is 6.09 Å². The number of allylic oxidation sites excluding steroid dienone is 4. The Labute approximate surface area is 265 Å². The smallest absolute Gasteiger partial charge is 0.405 e. The van der Waals surface area contributed by atoms with Crippen LogP contribution in [-0.2, 0) is 33.3 Å². The van der Waals surface area contributed by atoms with Crippen molar-refractivity contribution < 1.29 is 38.1 Å². The van der Waals surface area contributed by atoms with E-state index in [9.17, 15) is 19.2 Å². The molecule has 3 aliphatic rings. The number of carbonyl (C=O) groups excluding carboxylic acids is 4. The average Bonchev–Trinajstić information content (AvgIpc) is 3.81. The van der Waals surface area contributed by atoms with Crippen LogP contribution in [0.25, 0.3) is 0 Å². The third-order valence-electron chi connectivity index (χ3n) is 8.30. The first kappa shape index (κ1) is 35.9. The minimum absolute atomic E-state index is 0.0745. The second kappa shape index (κ2) is 16.6. The topological polar surface area (TPSA) is 158 Å². The Kier molecular flexibility index (Phi) is 13.3. The summed E-state index contributed by atoms with van der Waals surface area (Å²) in [6, 6.07) is 0. The summed E-state index contributed by atoms with van der Waals surface area (Å²) in [7, 11) is 4.68. The van der Waals surface area contributed by atoms with Gasteiger partial charge in [0.05, 0.1) is 23.6 Å². The normalized spacial score (nSPS) is 32.1. The van der Waals surface area contributed by atoms with Crippen molar-refractivity contribution in [3.8, 4) is 0 Å². The summed E-state index contributed by atoms with van der Waals surface area (Å²) < 4.78 is 22.9. The molecule has 2 aliphatic heterocycles. The highest BCUT2D eigenvalue weighted by Crippen LogP contribution is 2.29. The van der Waals surface area contributed by atoms with E-state index in [0.29, 0.717) is 24.1 Å². The van der Waals surface area contributed by atoms with Crippen LogP contribution < -0.4 is 16.4 Å². The fourth-order valence-electron chi connectivity index (χ4n) is 5.76. The highest BCUT2D eigenvalue weighted by Gasteiger charge is 2.34. The monoisotopic (exact) mass is 628 g/mol. The van der Waals surface area contributed by atoms with Crippen molar-refractivity contribution in [2.75, 3.05) is 47.5 Å². The Morgan fingerprint density at radius 1 is 1.09 bits per heavy atom. The van der Waals surface area contributed by atoms with Crippen molar-refractivity contribution in [1.82, 2.24) is 15.5 Å². The van der Waals surface area contributed by atoms with Gasteiger partial charge in [-0.2, -0.15) is 0 Å². The first-order chi connectivity index (χ1) is 21.4. The Hall–Kier alpha value is -3.58. The minimum Gasteiger partial charge on any atom is -0.439 e. The van der Waals surface area contributed by atoms with Crippen molar-refractivity contribution in [1.29, 1.82) is 0 Å². The van der Waals surface area contributed by atoms with Crippen molar-refractivity contribution in [3.63, 3.8) is 0 Å². The molecule has 45 heavy (non-hydrogen) atoms. The second-order valence-corrected chi connectivity index (χ2v) is 11.9. The van der Waals surface area contributed by atoms with Gasteiger partial charge in [-0.05, 0) is 38.2 Å². The molecule has 12 nitrogen and oxygen atoms in total. The summed E-state index contributed by atoms with van der Waals surface area (Å²) in [5.74, 6) is -1.60. The van der Waals surface area contributed by atoms with E-state index in [1.807, 2.05) is 26.8 Å². The lowest BCUT2D eigenvalue weighted by Crippen LogP contribution is -2.39. The van der Waals surface area contributed by atoms with Gasteiger partial charge in [-0.1, -0.05) is 38.2 Å². The van der Waals surface area contributed by atoms with Crippen LogP contribution in [0.4, 0.5) is 4.79 Å². The lowest BCUT2D eigenvalue weighted by atomic mass is 9.85. The maximum Gasteiger partial charge on any atom is 0.405 e. The molecule has 2 bridgehead atoms. The predicted molar refractivity (Wildman–Crippen MR) is 169 cm³/mol. The van der Waals surface area contributed by atoms with Crippen molar-refractivity contribution >= 4 is 23.6 Å². The molecule has 0 aromatic carbocycles. The summed E-state index contributed by atoms with van der Waals surface area (Å²) in [6.45, 7) is 10.7. The van der Waals surface area contributed by atoms with Crippen LogP contribution in [0, 0.1) is 11.8 Å². The molecule has 3 rings (SSSR count). The number of amides is 2. The van der Waals surface area contributed by atoms with E-state index < -0.39 is 36.1 Å². The lowest BCUT2D eigenvalue weighted by Gasteiger charge is -2.32. The van der Waals surface area contributed by atoms with Crippen LogP contribution in [0.15, 0.2) is 58.5 Å². The molecule has 1 fully saturated rings. The number of methoxy groups -OCH3 is 3. The van der Waals surface area contributed by atoms with Crippen molar-refractivity contribution in [2.24, 2.45) is 17.6 Å². The largest absolute Gasteiger partial charge is 0.439 e. The molecule has 4 N–H and O–H groups in total. The summed E-state index contributed by atoms with van der Waals surface area (Å²) in [6.07, 6.45) is 5.36. The van der Waals surface area contributed by atoms with E-state index in [1.54, 1.807) is 33.3 Å². The first-order valence-electron chi connectivity index (χ1n) is 15.3.